The molecule has 1 amide bonds. The Labute approximate surface area is 304 Å². The highest BCUT2D eigenvalue weighted by atomic mass is 16.5. The molecule has 2 N–H and O–H groups in total. The van der Waals surface area contributed by atoms with Gasteiger partial charge >= 0.3 is 11.9 Å². The van der Waals surface area contributed by atoms with Crippen LogP contribution in [0.25, 0.3) is 0 Å². The molecule has 0 aliphatic rings. The summed E-state index contributed by atoms with van der Waals surface area (Å²) in [6, 6.07) is -0.893. The monoisotopic (exact) mass is 694 g/mol. The molecule has 49 heavy (non-hydrogen) atoms. The molecular weight excluding hydrogens is 610 g/mol. The summed E-state index contributed by atoms with van der Waals surface area (Å²) in [5, 5.41) is 12.1. The van der Waals surface area contributed by atoms with Crippen molar-refractivity contribution in [1.29, 1.82) is 0 Å². The lowest BCUT2D eigenvalue weighted by Crippen LogP contribution is -2.43. The Morgan fingerprint density at radius 2 is 0.776 bits per heavy atom. The van der Waals surface area contributed by atoms with Crippen LogP contribution in [0.5, 0.6) is 0 Å². The van der Waals surface area contributed by atoms with Gasteiger partial charge in [0.2, 0.25) is 5.91 Å². The van der Waals surface area contributed by atoms with Gasteiger partial charge in [0.05, 0.1) is 0 Å². The fraction of sp³-hybridized carbons (Fsp3) is 0.930. The maximum absolute atomic E-state index is 13.3. The first kappa shape index (κ1) is 47.4. The fourth-order valence-corrected chi connectivity index (χ4v) is 6.78. The van der Waals surface area contributed by atoms with Crippen molar-refractivity contribution < 1.29 is 24.2 Å². The van der Waals surface area contributed by atoms with E-state index in [1.165, 1.54) is 148 Å². The van der Waals surface area contributed by atoms with Gasteiger partial charge in [0.15, 0.2) is 0 Å². The summed E-state index contributed by atoms with van der Waals surface area (Å²) in [4.78, 5) is 37.5. The van der Waals surface area contributed by atoms with Crippen LogP contribution in [0.1, 0.15) is 245 Å². The van der Waals surface area contributed by atoms with E-state index in [-0.39, 0.29) is 24.9 Å². The van der Waals surface area contributed by atoms with E-state index in [0.29, 0.717) is 6.42 Å². The molecule has 2 atom stereocenters. The van der Waals surface area contributed by atoms with Crippen molar-refractivity contribution in [1.82, 2.24) is 5.32 Å². The Balaban J connectivity index is 4.51. The van der Waals surface area contributed by atoms with Crippen molar-refractivity contribution in [2.75, 3.05) is 0 Å². The van der Waals surface area contributed by atoms with Crippen LogP contribution in [0.2, 0.25) is 0 Å². The molecule has 0 saturated heterocycles. The fourth-order valence-electron chi connectivity index (χ4n) is 6.78. The quantitative estimate of drug-likeness (QED) is 0.0494. The third kappa shape index (κ3) is 34.6. The maximum atomic E-state index is 13.3. The van der Waals surface area contributed by atoms with Crippen LogP contribution < -0.4 is 5.32 Å². The summed E-state index contributed by atoms with van der Waals surface area (Å²) in [7, 11) is 0. The SMILES string of the molecule is CCCCCCCCCCCCCCCCCC(=O)N[C@@H](CCC(=O)O)C(=O)OC(CCCCCCCC)CCCCCCCCCCC. The number of esters is 1. The predicted octanol–water partition coefficient (Wildman–Crippen LogP) is 13.2. The average Bonchev–Trinajstić information content (AvgIpc) is 3.08. The van der Waals surface area contributed by atoms with Crippen molar-refractivity contribution in [3.63, 3.8) is 0 Å². The van der Waals surface area contributed by atoms with Crippen LogP contribution in [0.15, 0.2) is 0 Å². The first-order valence-electron chi connectivity index (χ1n) is 21.7. The van der Waals surface area contributed by atoms with Gasteiger partial charge in [0, 0.05) is 12.8 Å². The average molecular weight is 694 g/mol. The molecule has 0 aliphatic carbocycles. The Hall–Kier alpha value is -1.59. The van der Waals surface area contributed by atoms with Crippen molar-refractivity contribution in [2.45, 2.75) is 258 Å². The zero-order chi connectivity index (χ0) is 36.0. The van der Waals surface area contributed by atoms with Crippen LogP contribution in [0, 0.1) is 0 Å². The largest absolute Gasteiger partial charge is 0.481 e. The Morgan fingerprint density at radius 1 is 0.449 bits per heavy atom. The Bertz CT molecular complexity index is 742. The van der Waals surface area contributed by atoms with Gasteiger partial charge in [0.1, 0.15) is 12.1 Å². The molecule has 0 rings (SSSR count). The lowest BCUT2D eigenvalue weighted by Gasteiger charge is -2.23. The molecule has 0 aromatic heterocycles. The van der Waals surface area contributed by atoms with E-state index in [2.05, 4.69) is 26.1 Å². The number of carboxylic acids is 1. The second-order valence-electron chi connectivity index (χ2n) is 15.0. The van der Waals surface area contributed by atoms with Crippen molar-refractivity contribution in [2.24, 2.45) is 0 Å². The second kappa shape index (κ2) is 37.7. The zero-order valence-corrected chi connectivity index (χ0v) is 33.0. The molecule has 0 bridgehead atoms. The minimum Gasteiger partial charge on any atom is -0.481 e. The number of carbonyl (C=O) groups excluding carboxylic acids is 2. The van der Waals surface area contributed by atoms with Crippen LogP contribution in [0.4, 0.5) is 0 Å². The Morgan fingerprint density at radius 3 is 1.12 bits per heavy atom. The lowest BCUT2D eigenvalue weighted by molar-refractivity contribution is -0.154. The first-order chi connectivity index (χ1) is 23.9. The minimum atomic E-state index is -0.965. The summed E-state index contributed by atoms with van der Waals surface area (Å²) in [5.74, 6) is -1.60. The molecule has 0 heterocycles. The van der Waals surface area contributed by atoms with E-state index < -0.39 is 18.0 Å². The molecule has 6 nitrogen and oxygen atoms in total. The molecule has 0 radical (unpaired) electrons. The molecule has 0 saturated carbocycles. The van der Waals surface area contributed by atoms with Gasteiger partial charge in [-0.2, -0.15) is 0 Å². The van der Waals surface area contributed by atoms with Gasteiger partial charge < -0.3 is 15.2 Å². The number of amides is 1. The molecule has 290 valence electrons. The van der Waals surface area contributed by atoms with Crippen molar-refractivity contribution in [3.8, 4) is 0 Å². The van der Waals surface area contributed by atoms with Crippen molar-refractivity contribution >= 4 is 17.8 Å². The molecule has 0 spiro atoms. The van der Waals surface area contributed by atoms with Crippen molar-refractivity contribution in [3.05, 3.63) is 0 Å². The summed E-state index contributed by atoms with van der Waals surface area (Å²) in [6.07, 6.45) is 39.3. The third-order valence-corrected chi connectivity index (χ3v) is 10.1. The standard InChI is InChI=1S/C43H83NO5/c1-4-7-10-13-16-18-19-20-21-22-23-25-27-30-33-36-41(45)44-40(37-38-42(46)47)43(48)49-39(34-31-28-15-12-9-6-3)35-32-29-26-24-17-14-11-8-5-2/h39-40H,4-38H2,1-3H3,(H,44,45)(H,46,47)/t39?,40-/m0/s1. The summed E-state index contributed by atoms with van der Waals surface area (Å²) in [6.45, 7) is 6.74. The number of hydrogen-bond acceptors (Lipinski definition) is 4. The highest BCUT2D eigenvalue weighted by Gasteiger charge is 2.26. The summed E-state index contributed by atoms with van der Waals surface area (Å²) >= 11 is 0. The van der Waals surface area contributed by atoms with Gasteiger partial charge in [-0.05, 0) is 38.5 Å². The number of unbranched alkanes of at least 4 members (excludes halogenated alkanes) is 27. The molecule has 6 heteroatoms. The minimum absolute atomic E-state index is 0.0700. The third-order valence-electron chi connectivity index (χ3n) is 10.1. The topological polar surface area (TPSA) is 92.7 Å². The normalized spacial score (nSPS) is 12.6. The van der Waals surface area contributed by atoms with E-state index in [9.17, 15) is 19.5 Å². The number of aliphatic carboxylic acids is 1. The highest BCUT2D eigenvalue weighted by molar-refractivity contribution is 5.85. The van der Waals surface area contributed by atoms with Gasteiger partial charge in [-0.3, -0.25) is 9.59 Å². The van der Waals surface area contributed by atoms with E-state index in [0.717, 1.165) is 57.8 Å². The Kier molecular flexibility index (Phi) is 36.4. The molecule has 0 aromatic rings. The number of ether oxygens (including phenoxy) is 1. The van der Waals surface area contributed by atoms with Crippen LogP contribution in [-0.2, 0) is 19.1 Å². The highest BCUT2D eigenvalue weighted by Crippen LogP contribution is 2.19. The van der Waals surface area contributed by atoms with Crippen LogP contribution in [0.3, 0.4) is 0 Å². The number of carboxylic acid groups (broad SMARTS) is 1. The zero-order valence-electron chi connectivity index (χ0n) is 33.0. The van der Waals surface area contributed by atoms with E-state index in [1.54, 1.807) is 0 Å². The smallest absolute Gasteiger partial charge is 0.328 e. The van der Waals surface area contributed by atoms with Gasteiger partial charge in [-0.25, -0.2) is 4.79 Å². The molecular formula is C43H83NO5. The van der Waals surface area contributed by atoms with Crippen LogP contribution in [-0.4, -0.2) is 35.1 Å². The summed E-state index contributed by atoms with van der Waals surface area (Å²) < 4.78 is 6.03. The van der Waals surface area contributed by atoms with E-state index in [4.69, 9.17) is 4.74 Å². The number of carbonyl (C=O) groups is 3. The van der Waals surface area contributed by atoms with Gasteiger partial charge in [0.25, 0.3) is 0 Å². The predicted molar refractivity (Wildman–Crippen MR) is 208 cm³/mol. The number of hydrogen-bond donors (Lipinski definition) is 2. The molecule has 0 fully saturated rings. The first-order valence-corrected chi connectivity index (χ1v) is 21.7. The lowest BCUT2D eigenvalue weighted by atomic mass is 10.0. The summed E-state index contributed by atoms with van der Waals surface area (Å²) in [5.41, 5.74) is 0. The van der Waals surface area contributed by atoms with E-state index in [1.807, 2.05) is 0 Å². The number of rotatable bonds is 39. The maximum Gasteiger partial charge on any atom is 0.328 e. The second-order valence-corrected chi connectivity index (χ2v) is 15.0. The molecule has 0 aliphatic heterocycles. The van der Waals surface area contributed by atoms with E-state index >= 15 is 0 Å². The van der Waals surface area contributed by atoms with Crippen LogP contribution >= 0.6 is 0 Å². The molecule has 1 unspecified atom stereocenters. The number of nitrogens with one attached hydrogen (secondary N) is 1. The molecule has 0 aromatic carbocycles. The van der Waals surface area contributed by atoms with Gasteiger partial charge in [-0.1, -0.05) is 194 Å². The van der Waals surface area contributed by atoms with Gasteiger partial charge in [-0.15, -0.1) is 0 Å².